The lowest BCUT2D eigenvalue weighted by Gasteiger charge is -2.13. The lowest BCUT2D eigenvalue weighted by molar-refractivity contribution is -0.117. The molecule has 1 fully saturated rings. The zero-order chi connectivity index (χ0) is 18.2. The highest BCUT2D eigenvalue weighted by molar-refractivity contribution is 7.92. The van der Waals surface area contributed by atoms with E-state index >= 15 is 0 Å². The van der Waals surface area contributed by atoms with Gasteiger partial charge in [-0.05, 0) is 55.7 Å². The van der Waals surface area contributed by atoms with Crippen LogP contribution in [0.2, 0.25) is 5.02 Å². The third-order valence-corrected chi connectivity index (χ3v) is 5.62. The van der Waals surface area contributed by atoms with E-state index in [1.165, 1.54) is 18.2 Å². The summed E-state index contributed by atoms with van der Waals surface area (Å²) < 4.78 is 41.4. The van der Waals surface area contributed by atoms with Crippen LogP contribution in [0.25, 0.3) is 0 Å². The van der Waals surface area contributed by atoms with Crippen LogP contribution in [0.5, 0.6) is 0 Å². The number of benzene rings is 2. The first-order valence-electron chi connectivity index (χ1n) is 7.65. The maximum Gasteiger partial charge on any atom is 0.262 e. The molecule has 2 aromatic rings. The van der Waals surface area contributed by atoms with Gasteiger partial charge in [-0.1, -0.05) is 17.7 Å². The van der Waals surface area contributed by atoms with Crippen molar-refractivity contribution in [2.75, 3.05) is 10.0 Å². The summed E-state index contributed by atoms with van der Waals surface area (Å²) in [5.41, 5.74) is 0.619. The van der Waals surface area contributed by atoms with Gasteiger partial charge in [0.1, 0.15) is 5.82 Å². The minimum Gasteiger partial charge on any atom is -0.323 e. The van der Waals surface area contributed by atoms with Crippen molar-refractivity contribution in [1.29, 1.82) is 0 Å². The number of hydrogen-bond donors (Lipinski definition) is 2. The highest BCUT2D eigenvalue weighted by Gasteiger charge is 2.30. The predicted molar refractivity (Wildman–Crippen MR) is 94.8 cm³/mol. The molecule has 1 amide bonds. The molecule has 1 saturated carbocycles. The lowest BCUT2D eigenvalue weighted by Crippen LogP contribution is -2.16. The maximum absolute atomic E-state index is 13.9. The Morgan fingerprint density at radius 3 is 2.60 bits per heavy atom. The zero-order valence-corrected chi connectivity index (χ0v) is 14.9. The molecule has 2 aromatic carbocycles. The van der Waals surface area contributed by atoms with E-state index in [1.807, 2.05) is 0 Å². The molecule has 5 nitrogen and oxygen atoms in total. The molecule has 0 radical (unpaired) electrons. The fourth-order valence-corrected chi connectivity index (χ4v) is 3.90. The summed E-state index contributed by atoms with van der Waals surface area (Å²) >= 11 is 5.88. The minimum atomic E-state index is -3.90. The van der Waals surface area contributed by atoms with Crippen molar-refractivity contribution in [3.63, 3.8) is 0 Å². The molecule has 0 spiro atoms. The third kappa shape index (κ3) is 4.11. The first kappa shape index (κ1) is 17.7. The number of rotatable bonds is 5. The molecule has 0 aliphatic heterocycles. The molecule has 2 N–H and O–H groups in total. The van der Waals surface area contributed by atoms with Crippen molar-refractivity contribution in [2.24, 2.45) is 5.92 Å². The number of halogens is 2. The average molecular weight is 383 g/mol. The summed E-state index contributed by atoms with van der Waals surface area (Å²) in [5.74, 6) is -0.977. The summed E-state index contributed by atoms with van der Waals surface area (Å²) in [5, 5.41) is 2.78. The SMILES string of the molecule is Cc1ccc(Cl)cc1S(=O)(=O)Nc1ccc(F)c(NC(=O)C2CC2)c1. The van der Waals surface area contributed by atoms with Crippen molar-refractivity contribution < 1.29 is 17.6 Å². The molecule has 1 aliphatic carbocycles. The Kier molecular flexibility index (Phi) is 4.71. The standard InChI is InChI=1S/C17H16ClFN2O3S/c1-10-2-5-12(18)8-16(10)25(23,24)21-13-6-7-14(19)15(9-13)20-17(22)11-3-4-11/h2,5-9,11,21H,3-4H2,1H3,(H,20,22). The molecule has 132 valence electrons. The van der Waals surface area contributed by atoms with E-state index in [-0.39, 0.29) is 28.1 Å². The highest BCUT2D eigenvalue weighted by Crippen LogP contribution is 2.31. The van der Waals surface area contributed by atoms with Gasteiger partial charge in [-0.25, -0.2) is 12.8 Å². The lowest BCUT2D eigenvalue weighted by atomic mass is 10.2. The molecule has 3 rings (SSSR count). The molecule has 0 atom stereocenters. The van der Waals surface area contributed by atoms with Gasteiger partial charge in [0.25, 0.3) is 10.0 Å². The van der Waals surface area contributed by atoms with Crippen LogP contribution in [0.1, 0.15) is 18.4 Å². The van der Waals surface area contributed by atoms with Crippen molar-refractivity contribution in [3.8, 4) is 0 Å². The molecule has 0 aromatic heterocycles. The van der Waals surface area contributed by atoms with E-state index in [1.54, 1.807) is 19.1 Å². The minimum absolute atomic E-state index is 0.0351. The van der Waals surface area contributed by atoms with Crippen molar-refractivity contribution in [2.45, 2.75) is 24.7 Å². The van der Waals surface area contributed by atoms with E-state index in [0.717, 1.165) is 18.9 Å². The van der Waals surface area contributed by atoms with E-state index < -0.39 is 15.8 Å². The normalized spacial score (nSPS) is 14.2. The first-order valence-corrected chi connectivity index (χ1v) is 9.52. The summed E-state index contributed by atoms with van der Waals surface area (Å²) in [7, 11) is -3.90. The molecule has 0 bridgehead atoms. The van der Waals surface area contributed by atoms with Crippen molar-refractivity contribution in [1.82, 2.24) is 0 Å². The van der Waals surface area contributed by atoms with Gasteiger partial charge >= 0.3 is 0 Å². The largest absolute Gasteiger partial charge is 0.323 e. The Hall–Kier alpha value is -2.12. The van der Waals surface area contributed by atoms with Gasteiger partial charge in [0.05, 0.1) is 16.3 Å². The number of carbonyl (C=O) groups excluding carboxylic acids is 1. The van der Waals surface area contributed by atoms with E-state index in [4.69, 9.17) is 11.6 Å². The molecule has 0 saturated heterocycles. The number of amides is 1. The van der Waals surface area contributed by atoms with Crippen LogP contribution < -0.4 is 10.0 Å². The second-order valence-electron chi connectivity index (χ2n) is 5.97. The molecule has 8 heteroatoms. The Morgan fingerprint density at radius 1 is 1.20 bits per heavy atom. The van der Waals surface area contributed by atoms with Crippen LogP contribution >= 0.6 is 11.6 Å². The van der Waals surface area contributed by atoms with Gasteiger partial charge in [0.2, 0.25) is 5.91 Å². The number of hydrogen-bond acceptors (Lipinski definition) is 3. The number of carbonyl (C=O) groups is 1. The zero-order valence-electron chi connectivity index (χ0n) is 13.3. The van der Waals surface area contributed by atoms with Gasteiger partial charge in [-0.15, -0.1) is 0 Å². The van der Waals surface area contributed by atoms with Gasteiger partial charge in [0, 0.05) is 10.9 Å². The highest BCUT2D eigenvalue weighted by atomic mass is 35.5. The molecule has 0 heterocycles. The number of aryl methyl sites for hydroxylation is 1. The van der Waals surface area contributed by atoms with Gasteiger partial charge < -0.3 is 5.32 Å². The first-order chi connectivity index (χ1) is 11.8. The Bertz CT molecular complexity index is 943. The smallest absolute Gasteiger partial charge is 0.262 e. The molecule has 25 heavy (non-hydrogen) atoms. The van der Waals surface area contributed by atoms with Crippen LogP contribution in [-0.2, 0) is 14.8 Å². The fourth-order valence-electron chi connectivity index (χ4n) is 2.34. The van der Waals surface area contributed by atoms with Gasteiger partial charge in [-0.2, -0.15) is 0 Å². The Morgan fingerprint density at radius 2 is 1.92 bits per heavy atom. The average Bonchev–Trinajstić information content (AvgIpc) is 3.37. The second kappa shape index (κ2) is 6.65. The number of sulfonamides is 1. The quantitative estimate of drug-likeness (QED) is 0.822. The number of nitrogens with one attached hydrogen (secondary N) is 2. The summed E-state index contributed by atoms with van der Waals surface area (Å²) in [6, 6.07) is 8.19. The summed E-state index contributed by atoms with van der Waals surface area (Å²) in [4.78, 5) is 11.8. The predicted octanol–water partition coefficient (Wildman–Crippen LogP) is 3.94. The summed E-state index contributed by atoms with van der Waals surface area (Å²) in [6.45, 7) is 1.65. The topological polar surface area (TPSA) is 75.3 Å². The van der Waals surface area contributed by atoms with Crippen LogP contribution in [0.3, 0.4) is 0 Å². The second-order valence-corrected chi connectivity index (χ2v) is 8.06. The van der Waals surface area contributed by atoms with Crippen molar-refractivity contribution in [3.05, 3.63) is 52.8 Å². The van der Waals surface area contributed by atoms with E-state index in [9.17, 15) is 17.6 Å². The third-order valence-electron chi connectivity index (χ3n) is 3.86. The Labute approximate surface area is 150 Å². The van der Waals surface area contributed by atoms with Crippen LogP contribution in [0.15, 0.2) is 41.3 Å². The molecule has 0 unspecified atom stereocenters. The van der Waals surface area contributed by atoms with E-state index in [0.29, 0.717) is 10.6 Å². The van der Waals surface area contributed by atoms with Gasteiger partial charge in [0.15, 0.2) is 0 Å². The van der Waals surface area contributed by atoms with Gasteiger partial charge in [-0.3, -0.25) is 9.52 Å². The number of anilines is 2. The maximum atomic E-state index is 13.9. The molecule has 1 aliphatic rings. The summed E-state index contributed by atoms with van der Waals surface area (Å²) in [6.07, 6.45) is 1.57. The van der Waals surface area contributed by atoms with Crippen LogP contribution in [-0.4, -0.2) is 14.3 Å². The monoisotopic (exact) mass is 382 g/mol. The molecular formula is C17H16ClFN2O3S. The van der Waals surface area contributed by atoms with Crippen molar-refractivity contribution >= 4 is 38.9 Å². The van der Waals surface area contributed by atoms with Crippen LogP contribution in [0.4, 0.5) is 15.8 Å². The van der Waals surface area contributed by atoms with Crippen LogP contribution in [0, 0.1) is 18.7 Å². The van der Waals surface area contributed by atoms with E-state index in [2.05, 4.69) is 10.0 Å². The fraction of sp³-hybridized carbons (Fsp3) is 0.235. The molecular weight excluding hydrogens is 367 g/mol. The Balaban J connectivity index is 1.86.